The molecule has 3 rings (SSSR count). The maximum absolute atomic E-state index is 9.74. The second kappa shape index (κ2) is 3.34. The molecule has 1 atom stereocenters. The summed E-state index contributed by atoms with van der Waals surface area (Å²) in [7, 11) is -0.778. The molecule has 15 heavy (non-hydrogen) atoms. The van der Waals surface area contributed by atoms with Crippen molar-refractivity contribution in [1.29, 1.82) is 0 Å². The highest BCUT2D eigenvalue weighted by molar-refractivity contribution is 6.61. The Balaban J connectivity index is 2.18. The molecule has 4 heteroatoms. The van der Waals surface area contributed by atoms with Crippen LogP contribution in [0.15, 0.2) is 12.1 Å². The van der Waals surface area contributed by atoms with Crippen molar-refractivity contribution < 1.29 is 9.68 Å². The first kappa shape index (κ1) is 9.40. The van der Waals surface area contributed by atoms with Crippen molar-refractivity contribution in [2.75, 3.05) is 6.54 Å². The number of fused-ring (bicyclic) bond motifs is 3. The molecule has 1 aliphatic carbocycles. The Kier molecular flexibility index (Phi) is 2.09. The summed E-state index contributed by atoms with van der Waals surface area (Å²) in [6.07, 6.45) is 3.35. The molecule has 1 aromatic rings. The summed E-state index contributed by atoms with van der Waals surface area (Å²) in [4.78, 5) is 0. The van der Waals surface area contributed by atoms with Crippen molar-refractivity contribution in [3.63, 3.8) is 0 Å². The molecular weight excluding hydrogens is 189 g/mol. The number of aryl methyl sites for hydroxylation is 1. The number of hydrogen-bond donors (Lipinski definition) is 2. The number of nitrogens with two attached hydrogens (primary N) is 1. The van der Waals surface area contributed by atoms with Gasteiger partial charge in [-0.05, 0) is 41.4 Å². The van der Waals surface area contributed by atoms with Crippen molar-refractivity contribution in [2.24, 2.45) is 5.73 Å². The second-order valence-electron chi connectivity index (χ2n) is 4.27. The lowest BCUT2D eigenvalue weighted by atomic mass is 9.77. The zero-order chi connectivity index (χ0) is 10.4. The first-order valence-corrected chi connectivity index (χ1v) is 5.49. The van der Waals surface area contributed by atoms with Gasteiger partial charge in [0, 0.05) is 6.54 Å². The minimum absolute atomic E-state index is 0.108. The van der Waals surface area contributed by atoms with Crippen molar-refractivity contribution in [3.05, 3.63) is 28.8 Å². The van der Waals surface area contributed by atoms with Crippen molar-refractivity contribution in [2.45, 2.75) is 25.4 Å². The standard InChI is InChI=1S/C11H14BNO2/c13-6-10-11-8-3-1-2-7(8)4-5-9(11)12(14)15-10/h4-5,10,14H,1-3,6,13H2/t10-/m1/s1. The molecule has 1 heterocycles. The SMILES string of the molecule is NC[C@H]1OB(O)c2ccc3c(c21)CCC3. The fourth-order valence-corrected chi connectivity index (χ4v) is 2.78. The van der Waals surface area contributed by atoms with E-state index in [2.05, 4.69) is 6.07 Å². The topological polar surface area (TPSA) is 55.5 Å². The predicted molar refractivity (Wildman–Crippen MR) is 59.0 cm³/mol. The highest BCUT2D eigenvalue weighted by atomic mass is 16.5. The van der Waals surface area contributed by atoms with E-state index in [9.17, 15) is 5.02 Å². The van der Waals surface area contributed by atoms with E-state index in [0.29, 0.717) is 6.54 Å². The Morgan fingerprint density at radius 1 is 1.47 bits per heavy atom. The smallest absolute Gasteiger partial charge is 0.423 e. The van der Waals surface area contributed by atoms with Gasteiger partial charge in [0.1, 0.15) is 0 Å². The van der Waals surface area contributed by atoms with E-state index in [4.69, 9.17) is 10.4 Å². The quantitative estimate of drug-likeness (QED) is 0.626. The fourth-order valence-electron chi connectivity index (χ4n) is 2.78. The van der Waals surface area contributed by atoms with Gasteiger partial charge >= 0.3 is 7.12 Å². The van der Waals surface area contributed by atoms with Crippen LogP contribution in [0, 0.1) is 0 Å². The third-order valence-corrected chi connectivity index (χ3v) is 3.46. The summed E-state index contributed by atoms with van der Waals surface area (Å²) in [5.74, 6) is 0. The molecule has 0 unspecified atom stereocenters. The van der Waals surface area contributed by atoms with Crippen LogP contribution in [0.1, 0.15) is 29.2 Å². The highest BCUT2D eigenvalue weighted by Gasteiger charge is 2.37. The molecule has 2 aliphatic rings. The van der Waals surface area contributed by atoms with Crippen LogP contribution in [0.2, 0.25) is 0 Å². The van der Waals surface area contributed by atoms with Gasteiger partial charge in [0.25, 0.3) is 0 Å². The summed E-state index contributed by atoms with van der Waals surface area (Å²) in [5, 5.41) is 9.74. The predicted octanol–water partition coefficient (Wildman–Crippen LogP) is -0.107. The van der Waals surface area contributed by atoms with Crippen LogP contribution in [0.4, 0.5) is 0 Å². The maximum Gasteiger partial charge on any atom is 0.492 e. The van der Waals surface area contributed by atoms with Gasteiger partial charge in [0.2, 0.25) is 0 Å². The minimum Gasteiger partial charge on any atom is -0.423 e. The van der Waals surface area contributed by atoms with E-state index >= 15 is 0 Å². The minimum atomic E-state index is -0.778. The van der Waals surface area contributed by atoms with Crippen LogP contribution in [-0.4, -0.2) is 18.7 Å². The van der Waals surface area contributed by atoms with Gasteiger partial charge in [-0.15, -0.1) is 0 Å². The first-order chi connectivity index (χ1) is 7.31. The van der Waals surface area contributed by atoms with Gasteiger partial charge in [-0.1, -0.05) is 12.1 Å². The van der Waals surface area contributed by atoms with Crippen LogP contribution >= 0.6 is 0 Å². The molecule has 0 saturated heterocycles. The Hall–Kier alpha value is -0.835. The molecule has 0 spiro atoms. The van der Waals surface area contributed by atoms with Crippen LogP contribution in [0.5, 0.6) is 0 Å². The Labute approximate surface area is 89.4 Å². The normalized spacial score (nSPS) is 23.1. The van der Waals surface area contributed by atoms with E-state index in [-0.39, 0.29) is 6.10 Å². The van der Waals surface area contributed by atoms with Gasteiger partial charge in [-0.2, -0.15) is 0 Å². The van der Waals surface area contributed by atoms with Crippen LogP contribution in [0.3, 0.4) is 0 Å². The zero-order valence-corrected chi connectivity index (χ0v) is 8.57. The Bertz CT molecular complexity index is 408. The maximum atomic E-state index is 9.74. The number of hydrogen-bond acceptors (Lipinski definition) is 3. The van der Waals surface area contributed by atoms with Crippen molar-refractivity contribution >= 4 is 12.6 Å². The summed E-state index contributed by atoms with van der Waals surface area (Å²) in [6.45, 7) is 0.445. The largest absolute Gasteiger partial charge is 0.492 e. The average Bonchev–Trinajstić information content (AvgIpc) is 2.81. The average molecular weight is 203 g/mol. The molecule has 0 aromatic heterocycles. The first-order valence-electron chi connectivity index (χ1n) is 5.49. The van der Waals surface area contributed by atoms with Gasteiger partial charge in [-0.3, -0.25) is 0 Å². The third-order valence-electron chi connectivity index (χ3n) is 3.46. The highest BCUT2D eigenvalue weighted by Crippen LogP contribution is 2.32. The molecule has 3 N–H and O–H groups in total. The number of rotatable bonds is 1. The summed E-state index contributed by atoms with van der Waals surface area (Å²) in [5.41, 5.74) is 10.5. The lowest BCUT2D eigenvalue weighted by Crippen LogP contribution is -2.28. The molecule has 0 bridgehead atoms. The molecular formula is C11H14BNO2. The molecule has 3 nitrogen and oxygen atoms in total. The zero-order valence-electron chi connectivity index (χ0n) is 8.57. The monoisotopic (exact) mass is 203 g/mol. The molecule has 0 fully saturated rings. The fraction of sp³-hybridized carbons (Fsp3) is 0.455. The van der Waals surface area contributed by atoms with Crippen molar-refractivity contribution in [1.82, 2.24) is 0 Å². The van der Waals surface area contributed by atoms with Crippen molar-refractivity contribution in [3.8, 4) is 0 Å². The third kappa shape index (κ3) is 1.25. The molecule has 1 aliphatic heterocycles. The van der Waals surface area contributed by atoms with E-state index in [0.717, 1.165) is 18.3 Å². The van der Waals surface area contributed by atoms with Crippen LogP contribution in [0.25, 0.3) is 0 Å². The molecule has 1 aromatic carbocycles. The van der Waals surface area contributed by atoms with E-state index < -0.39 is 7.12 Å². The van der Waals surface area contributed by atoms with Gasteiger partial charge in [0.15, 0.2) is 0 Å². The van der Waals surface area contributed by atoms with Crippen LogP contribution in [-0.2, 0) is 17.5 Å². The van der Waals surface area contributed by atoms with E-state index in [1.807, 2.05) is 6.07 Å². The molecule has 0 saturated carbocycles. The summed E-state index contributed by atoms with van der Waals surface area (Å²) in [6, 6.07) is 4.10. The summed E-state index contributed by atoms with van der Waals surface area (Å²) < 4.78 is 5.44. The van der Waals surface area contributed by atoms with Gasteiger partial charge in [0.05, 0.1) is 6.10 Å². The van der Waals surface area contributed by atoms with E-state index in [1.165, 1.54) is 23.1 Å². The lowest BCUT2D eigenvalue weighted by molar-refractivity contribution is 0.197. The van der Waals surface area contributed by atoms with Gasteiger partial charge in [-0.25, -0.2) is 0 Å². The Morgan fingerprint density at radius 3 is 3.13 bits per heavy atom. The van der Waals surface area contributed by atoms with Crippen LogP contribution < -0.4 is 11.2 Å². The number of benzene rings is 1. The Morgan fingerprint density at radius 2 is 2.33 bits per heavy atom. The second-order valence-corrected chi connectivity index (χ2v) is 4.27. The lowest BCUT2D eigenvalue weighted by Gasteiger charge is -2.13. The summed E-state index contributed by atoms with van der Waals surface area (Å²) >= 11 is 0. The van der Waals surface area contributed by atoms with Gasteiger partial charge < -0.3 is 15.4 Å². The molecule has 0 amide bonds. The molecule has 0 radical (unpaired) electrons. The van der Waals surface area contributed by atoms with E-state index in [1.54, 1.807) is 0 Å². The molecule has 78 valence electrons.